The molecule has 3 N–H and O–H groups in total. The lowest BCUT2D eigenvalue weighted by Gasteiger charge is -2.26. The molecule has 6 nitrogen and oxygen atoms in total. The van der Waals surface area contributed by atoms with E-state index in [1.807, 2.05) is 6.92 Å². The van der Waals surface area contributed by atoms with Crippen LogP contribution in [-0.2, 0) is 4.79 Å². The Morgan fingerprint density at radius 3 is 2.72 bits per heavy atom. The summed E-state index contributed by atoms with van der Waals surface area (Å²) in [5.74, 6) is -1.51. The van der Waals surface area contributed by atoms with Gasteiger partial charge in [0.1, 0.15) is 6.54 Å². The second-order valence-electron chi connectivity index (χ2n) is 4.03. The molecule has 0 fully saturated rings. The molecule has 1 unspecified atom stereocenters. The molecule has 0 aliphatic heterocycles. The number of nitrogens with two attached hydrogens (primary N) is 1. The predicted molar refractivity (Wildman–Crippen MR) is 67.1 cm³/mol. The lowest BCUT2D eigenvalue weighted by atomic mass is 10.2. The first-order chi connectivity index (χ1) is 8.47. The van der Waals surface area contributed by atoms with Gasteiger partial charge in [-0.3, -0.25) is 9.59 Å². The maximum Gasteiger partial charge on any atom is 0.323 e. The maximum absolute atomic E-state index is 12.2. The van der Waals surface area contributed by atoms with Gasteiger partial charge in [0.05, 0.1) is 5.69 Å². The summed E-state index contributed by atoms with van der Waals surface area (Å²) in [6, 6.07) is 3.00. The highest BCUT2D eigenvalue weighted by Gasteiger charge is 2.25. The second-order valence-corrected chi connectivity index (χ2v) is 4.03. The van der Waals surface area contributed by atoms with Gasteiger partial charge in [-0.25, -0.2) is 4.98 Å². The van der Waals surface area contributed by atoms with Gasteiger partial charge in [-0.1, -0.05) is 6.92 Å². The molecule has 0 spiro atoms. The van der Waals surface area contributed by atoms with Gasteiger partial charge >= 0.3 is 5.97 Å². The van der Waals surface area contributed by atoms with Crippen LogP contribution >= 0.6 is 0 Å². The molecule has 1 rings (SSSR count). The summed E-state index contributed by atoms with van der Waals surface area (Å²) in [4.78, 5) is 28.2. The fourth-order valence-corrected chi connectivity index (χ4v) is 1.53. The van der Waals surface area contributed by atoms with Crippen molar-refractivity contribution in [1.82, 2.24) is 9.88 Å². The number of rotatable bonds is 5. The summed E-state index contributed by atoms with van der Waals surface area (Å²) >= 11 is 0. The topological polar surface area (TPSA) is 96.5 Å². The first-order valence-corrected chi connectivity index (χ1v) is 5.70. The highest BCUT2D eigenvalue weighted by atomic mass is 16.4. The number of carbonyl (C=O) groups is 2. The van der Waals surface area contributed by atoms with Gasteiger partial charge in [0, 0.05) is 12.2 Å². The summed E-state index contributed by atoms with van der Waals surface area (Å²) in [6.07, 6.45) is 2.12. The van der Waals surface area contributed by atoms with Crippen molar-refractivity contribution >= 4 is 17.6 Å². The number of nitrogens with zero attached hydrogens (tertiary/aromatic N) is 2. The predicted octanol–water partition coefficient (Wildman–Crippen LogP) is 0.989. The quantitative estimate of drug-likeness (QED) is 0.813. The van der Waals surface area contributed by atoms with Crippen LogP contribution < -0.4 is 5.73 Å². The maximum atomic E-state index is 12.2. The zero-order chi connectivity index (χ0) is 13.7. The fourth-order valence-electron chi connectivity index (χ4n) is 1.53. The van der Waals surface area contributed by atoms with E-state index >= 15 is 0 Å². The summed E-state index contributed by atoms with van der Waals surface area (Å²) in [5, 5.41) is 8.85. The molecule has 0 saturated heterocycles. The third-order valence-corrected chi connectivity index (χ3v) is 2.73. The fraction of sp³-hybridized carbons (Fsp3) is 0.417. The van der Waals surface area contributed by atoms with Crippen LogP contribution in [0.5, 0.6) is 0 Å². The molecular weight excluding hydrogens is 234 g/mol. The van der Waals surface area contributed by atoms with Crippen molar-refractivity contribution in [1.29, 1.82) is 0 Å². The highest BCUT2D eigenvalue weighted by Crippen LogP contribution is 2.14. The molecule has 0 aromatic carbocycles. The van der Waals surface area contributed by atoms with Gasteiger partial charge in [0.15, 0.2) is 5.69 Å². The van der Waals surface area contributed by atoms with Crippen LogP contribution in [0, 0.1) is 0 Å². The van der Waals surface area contributed by atoms with E-state index < -0.39 is 11.9 Å². The largest absolute Gasteiger partial charge is 0.480 e. The molecule has 6 heteroatoms. The highest BCUT2D eigenvalue weighted by molar-refractivity contribution is 5.98. The molecule has 1 heterocycles. The van der Waals surface area contributed by atoms with Crippen LogP contribution in [-0.4, -0.2) is 39.5 Å². The third-order valence-electron chi connectivity index (χ3n) is 2.73. The van der Waals surface area contributed by atoms with Crippen LogP contribution in [0.25, 0.3) is 0 Å². The third kappa shape index (κ3) is 3.19. The lowest BCUT2D eigenvalue weighted by molar-refractivity contribution is -0.138. The smallest absolute Gasteiger partial charge is 0.323 e. The van der Waals surface area contributed by atoms with E-state index in [0.29, 0.717) is 6.42 Å². The molecule has 18 heavy (non-hydrogen) atoms. The second kappa shape index (κ2) is 6.00. The number of carboxylic acid groups (broad SMARTS) is 1. The van der Waals surface area contributed by atoms with Crippen LogP contribution in [0.1, 0.15) is 30.8 Å². The minimum Gasteiger partial charge on any atom is -0.480 e. The summed E-state index contributed by atoms with van der Waals surface area (Å²) in [6.45, 7) is 3.32. The van der Waals surface area contributed by atoms with Gasteiger partial charge in [-0.05, 0) is 25.5 Å². The number of hydrogen-bond donors (Lipinski definition) is 2. The minimum absolute atomic E-state index is 0.0963. The SMILES string of the molecule is CCC(C)N(CC(=O)O)C(=O)c1ncccc1N. The van der Waals surface area contributed by atoms with Crippen LogP contribution in [0.3, 0.4) is 0 Å². The van der Waals surface area contributed by atoms with E-state index in [-0.39, 0.29) is 24.0 Å². The van der Waals surface area contributed by atoms with Crippen molar-refractivity contribution in [2.75, 3.05) is 12.3 Å². The van der Waals surface area contributed by atoms with Gasteiger partial charge < -0.3 is 15.7 Å². The summed E-state index contributed by atoms with van der Waals surface area (Å²) < 4.78 is 0. The standard InChI is InChI=1S/C12H17N3O3/c1-3-8(2)15(7-10(16)17)12(18)11-9(13)5-4-6-14-11/h4-6,8H,3,7,13H2,1-2H3,(H,16,17). The molecular formula is C12H17N3O3. The Morgan fingerprint density at radius 2 is 2.22 bits per heavy atom. The Hall–Kier alpha value is -2.11. The molecule has 98 valence electrons. The van der Waals surface area contributed by atoms with Gasteiger partial charge in [0.2, 0.25) is 0 Å². The van der Waals surface area contributed by atoms with E-state index in [9.17, 15) is 9.59 Å². The minimum atomic E-state index is -1.06. The number of carbonyl (C=O) groups excluding carboxylic acids is 1. The zero-order valence-electron chi connectivity index (χ0n) is 10.5. The number of nitrogen functional groups attached to an aromatic ring is 1. The first kappa shape index (κ1) is 14.0. The molecule has 0 radical (unpaired) electrons. The zero-order valence-corrected chi connectivity index (χ0v) is 10.5. The first-order valence-electron chi connectivity index (χ1n) is 5.70. The Morgan fingerprint density at radius 1 is 1.56 bits per heavy atom. The van der Waals surface area contributed by atoms with Crippen LogP contribution in [0.2, 0.25) is 0 Å². The number of carboxylic acids is 1. The van der Waals surface area contributed by atoms with Gasteiger partial charge in [-0.15, -0.1) is 0 Å². The number of aliphatic carboxylic acids is 1. The monoisotopic (exact) mass is 251 g/mol. The Kier molecular flexibility index (Phi) is 4.65. The van der Waals surface area contributed by atoms with E-state index in [2.05, 4.69) is 4.98 Å². The average molecular weight is 251 g/mol. The van der Waals surface area contributed by atoms with Crippen molar-refractivity contribution in [3.8, 4) is 0 Å². The molecule has 0 aliphatic carbocycles. The molecule has 1 aromatic heterocycles. The van der Waals surface area contributed by atoms with Crippen molar-refractivity contribution in [2.24, 2.45) is 0 Å². The molecule has 0 saturated carbocycles. The van der Waals surface area contributed by atoms with E-state index in [1.165, 1.54) is 11.1 Å². The van der Waals surface area contributed by atoms with Gasteiger partial charge in [-0.2, -0.15) is 0 Å². The molecule has 1 atom stereocenters. The van der Waals surface area contributed by atoms with Crippen molar-refractivity contribution < 1.29 is 14.7 Å². The molecule has 1 amide bonds. The number of anilines is 1. The lowest BCUT2D eigenvalue weighted by Crippen LogP contribution is -2.42. The number of amides is 1. The Labute approximate surface area is 105 Å². The molecule has 0 bridgehead atoms. The number of hydrogen-bond acceptors (Lipinski definition) is 4. The van der Waals surface area contributed by atoms with E-state index in [0.717, 1.165) is 0 Å². The van der Waals surface area contributed by atoms with Crippen molar-refractivity contribution in [2.45, 2.75) is 26.3 Å². The van der Waals surface area contributed by atoms with Crippen LogP contribution in [0.15, 0.2) is 18.3 Å². The Balaban J connectivity index is 3.02. The summed E-state index contributed by atoms with van der Waals surface area (Å²) in [5.41, 5.74) is 6.02. The summed E-state index contributed by atoms with van der Waals surface area (Å²) in [7, 11) is 0. The van der Waals surface area contributed by atoms with E-state index in [4.69, 9.17) is 10.8 Å². The number of aromatic nitrogens is 1. The molecule has 0 aliphatic rings. The van der Waals surface area contributed by atoms with E-state index in [1.54, 1.807) is 19.1 Å². The normalized spacial score (nSPS) is 11.9. The average Bonchev–Trinajstić information content (AvgIpc) is 2.34. The Bertz CT molecular complexity index is 448. The number of pyridine rings is 1. The van der Waals surface area contributed by atoms with Crippen molar-refractivity contribution in [3.63, 3.8) is 0 Å². The van der Waals surface area contributed by atoms with Crippen molar-refractivity contribution in [3.05, 3.63) is 24.0 Å². The molecule has 1 aromatic rings. The van der Waals surface area contributed by atoms with Crippen LogP contribution in [0.4, 0.5) is 5.69 Å². The van der Waals surface area contributed by atoms with Gasteiger partial charge in [0.25, 0.3) is 5.91 Å².